The summed E-state index contributed by atoms with van der Waals surface area (Å²) in [5.74, 6) is -0.0240. The van der Waals surface area contributed by atoms with Crippen LogP contribution in [-0.2, 0) is 6.54 Å². The molecule has 1 atom stereocenters. The second-order valence-electron chi connectivity index (χ2n) is 7.11. The minimum absolute atomic E-state index is 0.0240. The van der Waals surface area contributed by atoms with E-state index in [1.807, 2.05) is 36.5 Å². The van der Waals surface area contributed by atoms with Crippen LogP contribution in [0, 0.1) is 0 Å². The highest BCUT2D eigenvalue weighted by Crippen LogP contribution is 2.18. The molecule has 28 heavy (non-hydrogen) atoms. The van der Waals surface area contributed by atoms with Gasteiger partial charge in [0.1, 0.15) is 6.33 Å². The predicted molar refractivity (Wildman–Crippen MR) is 107 cm³/mol. The maximum atomic E-state index is 12.7. The van der Waals surface area contributed by atoms with E-state index in [1.54, 1.807) is 18.6 Å². The van der Waals surface area contributed by atoms with Crippen LogP contribution < -0.4 is 5.32 Å². The summed E-state index contributed by atoms with van der Waals surface area (Å²) in [5, 5.41) is 3.19. The number of nitrogens with zero attached hydrogens (tertiary/aromatic N) is 4. The molecule has 3 aromatic rings. The number of carbonyl (C=O) groups is 1. The molecular weight excluding hydrogens is 350 g/mol. The quantitative estimate of drug-likeness (QED) is 0.745. The first kappa shape index (κ1) is 18.3. The Hall–Kier alpha value is -3.12. The van der Waals surface area contributed by atoms with Crippen molar-refractivity contribution in [3.63, 3.8) is 0 Å². The summed E-state index contributed by atoms with van der Waals surface area (Å²) in [6.07, 6.45) is 10.8. The van der Waals surface area contributed by atoms with Crippen molar-refractivity contribution in [2.45, 2.75) is 25.4 Å². The van der Waals surface area contributed by atoms with Crippen molar-refractivity contribution in [2.75, 3.05) is 13.1 Å². The highest BCUT2D eigenvalue weighted by atomic mass is 16.1. The third-order valence-corrected chi connectivity index (χ3v) is 5.01. The minimum atomic E-state index is -0.0240. The Morgan fingerprint density at radius 2 is 1.86 bits per heavy atom. The van der Waals surface area contributed by atoms with Gasteiger partial charge in [0.25, 0.3) is 5.91 Å². The number of likely N-dealkylation sites (tertiary alicyclic amines) is 1. The molecule has 142 valence electrons. The number of benzene rings is 1. The van der Waals surface area contributed by atoms with Crippen LogP contribution in [0.4, 0.5) is 0 Å². The van der Waals surface area contributed by atoms with Gasteiger partial charge in [-0.05, 0) is 48.7 Å². The lowest BCUT2D eigenvalue weighted by Crippen LogP contribution is -2.47. The van der Waals surface area contributed by atoms with E-state index in [0.29, 0.717) is 5.56 Å². The molecule has 0 unspecified atom stereocenters. The van der Waals surface area contributed by atoms with E-state index in [9.17, 15) is 4.79 Å². The van der Waals surface area contributed by atoms with Gasteiger partial charge in [-0.1, -0.05) is 18.2 Å². The average molecular weight is 373 g/mol. The molecule has 0 spiro atoms. The molecule has 1 aromatic carbocycles. The molecule has 2 aromatic heterocycles. The van der Waals surface area contributed by atoms with Gasteiger partial charge in [0.05, 0.1) is 0 Å². The van der Waals surface area contributed by atoms with Crippen LogP contribution in [0.25, 0.3) is 11.1 Å². The van der Waals surface area contributed by atoms with Gasteiger partial charge in [0, 0.05) is 55.0 Å². The number of carbonyl (C=O) groups excluding carboxylic acids is 1. The minimum Gasteiger partial charge on any atom is -0.348 e. The summed E-state index contributed by atoms with van der Waals surface area (Å²) in [7, 11) is 0. The van der Waals surface area contributed by atoms with E-state index in [2.05, 4.69) is 31.2 Å². The van der Waals surface area contributed by atoms with Crippen molar-refractivity contribution < 1.29 is 4.79 Å². The lowest BCUT2D eigenvalue weighted by molar-refractivity contribution is 0.0901. The number of hydrogen-bond acceptors (Lipinski definition) is 5. The van der Waals surface area contributed by atoms with E-state index in [4.69, 9.17) is 0 Å². The Kier molecular flexibility index (Phi) is 5.68. The predicted octanol–water partition coefficient (Wildman–Crippen LogP) is 2.93. The average Bonchev–Trinajstić information content (AvgIpc) is 2.75. The molecule has 1 amide bonds. The lowest BCUT2D eigenvalue weighted by atomic mass is 10.0. The lowest BCUT2D eigenvalue weighted by Gasteiger charge is -2.33. The summed E-state index contributed by atoms with van der Waals surface area (Å²) in [6, 6.07) is 11.8. The van der Waals surface area contributed by atoms with Crippen molar-refractivity contribution in [2.24, 2.45) is 0 Å². The number of amides is 1. The van der Waals surface area contributed by atoms with Crippen LogP contribution in [0.5, 0.6) is 0 Å². The highest BCUT2D eigenvalue weighted by molar-refractivity contribution is 5.94. The van der Waals surface area contributed by atoms with E-state index in [1.165, 1.54) is 11.9 Å². The molecule has 3 heterocycles. The topological polar surface area (TPSA) is 71.0 Å². The molecule has 1 saturated heterocycles. The maximum Gasteiger partial charge on any atom is 0.251 e. The van der Waals surface area contributed by atoms with E-state index in [-0.39, 0.29) is 11.9 Å². The third-order valence-electron chi connectivity index (χ3n) is 5.01. The van der Waals surface area contributed by atoms with Gasteiger partial charge < -0.3 is 5.32 Å². The number of rotatable bonds is 5. The molecule has 1 aliphatic heterocycles. The molecule has 0 saturated carbocycles. The SMILES string of the molecule is O=C(N[C@@H]1CCCN(Cc2cccnc2)C1)c1ccc(-c2cncnc2)cc1. The van der Waals surface area contributed by atoms with Gasteiger partial charge in [-0.2, -0.15) is 0 Å². The molecular formula is C22H23N5O. The summed E-state index contributed by atoms with van der Waals surface area (Å²) in [5.41, 5.74) is 3.81. The van der Waals surface area contributed by atoms with Crippen LogP contribution in [-0.4, -0.2) is 44.9 Å². The maximum absolute atomic E-state index is 12.7. The zero-order chi connectivity index (χ0) is 19.2. The Bertz CT molecular complexity index is 899. The summed E-state index contributed by atoms with van der Waals surface area (Å²) in [4.78, 5) is 27.3. The van der Waals surface area contributed by atoms with E-state index < -0.39 is 0 Å². The molecule has 1 fully saturated rings. The number of piperidine rings is 1. The van der Waals surface area contributed by atoms with Crippen molar-refractivity contribution in [1.82, 2.24) is 25.2 Å². The van der Waals surface area contributed by atoms with Crippen molar-refractivity contribution in [3.05, 3.63) is 78.6 Å². The highest BCUT2D eigenvalue weighted by Gasteiger charge is 2.22. The monoisotopic (exact) mass is 373 g/mol. The fourth-order valence-corrected chi connectivity index (χ4v) is 3.60. The summed E-state index contributed by atoms with van der Waals surface area (Å²) in [6.45, 7) is 2.78. The Balaban J connectivity index is 1.35. The zero-order valence-corrected chi connectivity index (χ0v) is 15.7. The number of aromatic nitrogens is 3. The van der Waals surface area contributed by atoms with Gasteiger partial charge in [-0.3, -0.25) is 14.7 Å². The fourth-order valence-electron chi connectivity index (χ4n) is 3.60. The van der Waals surface area contributed by atoms with Crippen LogP contribution in [0.2, 0.25) is 0 Å². The van der Waals surface area contributed by atoms with Crippen LogP contribution in [0.1, 0.15) is 28.8 Å². The van der Waals surface area contributed by atoms with Gasteiger partial charge in [-0.25, -0.2) is 9.97 Å². The molecule has 1 N–H and O–H groups in total. The van der Waals surface area contributed by atoms with E-state index >= 15 is 0 Å². The van der Waals surface area contributed by atoms with Gasteiger partial charge in [0.2, 0.25) is 0 Å². The Morgan fingerprint density at radius 1 is 1.04 bits per heavy atom. The number of nitrogens with one attached hydrogen (secondary N) is 1. The number of hydrogen-bond donors (Lipinski definition) is 1. The van der Waals surface area contributed by atoms with Crippen molar-refractivity contribution in [1.29, 1.82) is 0 Å². The first-order valence-electron chi connectivity index (χ1n) is 9.55. The van der Waals surface area contributed by atoms with Gasteiger partial charge in [-0.15, -0.1) is 0 Å². The third kappa shape index (κ3) is 4.58. The zero-order valence-electron chi connectivity index (χ0n) is 15.7. The summed E-state index contributed by atoms with van der Waals surface area (Å²) >= 11 is 0. The molecule has 6 heteroatoms. The van der Waals surface area contributed by atoms with Crippen molar-refractivity contribution >= 4 is 5.91 Å². The largest absolute Gasteiger partial charge is 0.348 e. The van der Waals surface area contributed by atoms with E-state index in [0.717, 1.165) is 43.6 Å². The van der Waals surface area contributed by atoms with Crippen molar-refractivity contribution in [3.8, 4) is 11.1 Å². The fraction of sp³-hybridized carbons (Fsp3) is 0.273. The Labute approximate surface area is 164 Å². The molecule has 6 nitrogen and oxygen atoms in total. The molecule has 0 bridgehead atoms. The first-order valence-corrected chi connectivity index (χ1v) is 9.55. The normalized spacial score (nSPS) is 17.2. The van der Waals surface area contributed by atoms with Crippen LogP contribution in [0.3, 0.4) is 0 Å². The molecule has 4 rings (SSSR count). The molecule has 0 aliphatic carbocycles. The van der Waals surface area contributed by atoms with Crippen LogP contribution in [0.15, 0.2) is 67.5 Å². The number of pyridine rings is 1. The second-order valence-corrected chi connectivity index (χ2v) is 7.11. The second kappa shape index (κ2) is 8.71. The molecule has 0 radical (unpaired) electrons. The first-order chi connectivity index (χ1) is 13.8. The van der Waals surface area contributed by atoms with Gasteiger partial charge in [0.15, 0.2) is 0 Å². The van der Waals surface area contributed by atoms with Crippen LogP contribution >= 0.6 is 0 Å². The molecule has 1 aliphatic rings. The summed E-state index contributed by atoms with van der Waals surface area (Å²) < 4.78 is 0. The smallest absolute Gasteiger partial charge is 0.251 e. The Morgan fingerprint density at radius 3 is 2.61 bits per heavy atom. The standard InChI is InChI=1S/C22H23N5O/c28-22(19-7-5-18(6-8-19)20-12-24-16-25-13-20)26-21-4-2-10-27(15-21)14-17-3-1-9-23-11-17/h1,3,5-9,11-13,16,21H,2,4,10,14-15H2,(H,26,28)/t21-/m1/s1. The van der Waals surface area contributed by atoms with Gasteiger partial charge >= 0.3 is 0 Å².